The maximum atomic E-state index is 7.25. The summed E-state index contributed by atoms with van der Waals surface area (Å²) < 4.78 is 0. The Hall–Kier alpha value is -0.480. The molecular formula is C8H18Cl2N4. The Morgan fingerprint density at radius 3 is 1.14 bits per heavy atom. The number of nitrogens with one attached hydrogen (secondary N) is 2. The average molecular weight is 241 g/mol. The van der Waals surface area contributed by atoms with E-state index in [1.54, 1.807) is 0 Å². The summed E-state index contributed by atoms with van der Waals surface area (Å²) in [5.41, 5.74) is 10.8. The van der Waals surface area contributed by atoms with Crippen LogP contribution in [-0.2, 0) is 0 Å². The lowest BCUT2D eigenvalue weighted by molar-refractivity contribution is 0.383. The molecule has 0 spiro atoms. The second-order valence-corrected chi connectivity index (χ2v) is 3.46. The van der Waals surface area contributed by atoms with Crippen molar-refractivity contribution >= 4 is 36.5 Å². The molecular weight excluding hydrogens is 223 g/mol. The molecule has 1 saturated carbocycles. The Labute approximate surface area is 96.6 Å². The van der Waals surface area contributed by atoms with Gasteiger partial charge in [-0.15, -0.1) is 24.8 Å². The smallest absolute Gasteiger partial charge is 0.0936 e. The van der Waals surface area contributed by atoms with E-state index in [0.29, 0.717) is 0 Å². The number of halogens is 2. The summed E-state index contributed by atoms with van der Waals surface area (Å²) in [6.45, 7) is 0. The SMILES string of the molecule is Cl.Cl.N=C(N)C1CCC(C(=N)N)CC1. The highest BCUT2D eigenvalue weighted by molar-refractivity contribution is 5.85. The first-order valence-electron chi connectivity index (χ1n) is 4.29. The predicted octanol–water partition coefficient (Wildman–Crippen LogP) is 1.51. The van der Waals surface area contributed by atoms with Crippen molar-refractivity contribution in [3.8, 4) is 0 Å². The van der Waals surface area contributed by atoms with Gasteiger partial charge in [-0.1, -0.05) is 0 Å². The minimum Gasteiger partial charge on any atom is -0.387 e. The number of hydrogen-bond acceptors (Lipinski definition) is 2. The fourth-order valence-corrected chi connectivity index (χ4v) is 1.72. The Balaban J connectivity index is 0. The van der Waals surface area contributed by atoms with E-state index in [4.69, 9.17) is 22.3 Å². The normalized spacial score (nSPS) is 25.4. The average Bonchev–Trinajstić information content (AvgIpc) is 2.04. The van der Waals surface area contributed by atoms with E-state index in [1.807, 2.05) is 0 Å². The number of nitrogens with two attached hydrogens (primary N) is 2. The van der Waals surface area contributed by atoms with Gasteiger partial charge < -0.3 is 11.5 Å². The number of rotatable bonds is 2. The quantitative estimate of drug-likeness (QED) is 0.435. The van der Waals surface area contributed by atoms with E-state index in [-0.39, 0.29) is 48.3 Å². The Bertz CT molecular complexity index is 178. The van der Waals surface area contributed by atoms with Crippen LogP contribution >= 0.6 is 24.8 Å². The van der Waals surface area contributed by atoms with Crippen molar-refractivity contribution in [2.24, 2.45) is 23.3 Å². The molecule has 0 aromatic rings. The fraction of sp³-hybridized carbons (Fsp3) is 0.750. The minimum atomic E-state index is 0. The van der Waals surface area contributed by atoms with Gasteiger partial charge in [-0.25, -0.2) is 0 Å². The molecule has 6 heteroatoms. The zero-order valence-corrected chi connectivity index (χ0v) is 9.59. The van der Waals surface area contributed by atoms with Crippen LogP contribution in [-0.4, -0.2) is 11.7 Å². The third-order valence-electron chi connectivity index (χ3n) is 2.61. The topological polar surface area (TPSA) is 99.7 Å². The Morgan fingerprint density at radius 1 is 0.786 bits per heavy atom. The molecule has 0 aromatic heterocycles. The molecule has 4 nitrogen and oxygen atoms in total. The van der Waals surface area contributed by atoms with Crippen molar-refractivity contribution in [2.45, 2.75) is 25.7 Å². The van der Waals surface area contributed by atoms with Crippen LogP contribution < -0.4 is 11.5 Å². The van der Waals surface area contributed by atoms with Crippen molar-refractivity contribution in [3.05, 3.63) is 0 Å². The van der Waals surface area contributed by atoms with E-state index in [1.165, 1.54) is 0 Å². The Kier molecular flexibility index (Phi) is 7.87. The highest BCUT2D eigenvalue weighted by Gasteiger charge is 2.24. The second-order valence-electron chi connectivity index (χ2n) is 3.46. The maximum absolute atomic E-state index is 7.25. The molecule has 0 aliphatic heterocycles. The van der Waals surface area contributed by atoms with E-state index < -0.39 is 0 Å². The summed E-state index contributed by atoms with van der Waals surface area (Å²) in [6.07, 6.45) is 3.66. The van der Waals surface area contributed by atoms with Crippen molar-refractivity contribution in [2.75, 3.05) is 0 Å². The molecule has 1 rings (SSSR count). The first-order valence-corrected chi connectivity index (χ1v) is 4.29. The highest BCUT2D eigenvalue weighted by Crippen LogP contribution is 2.28. The van der Waals surface area contributed by atoms with Gasteiger partial charge in [0.1, 0.15) is 0 Å². The van der Waals surface area contributed by atoms with Gasteiger partial charge in [-0.2, -0.15) is 0 Å². The zero-order valence-electron chi connectivity index (χ0n) is 7.95. The molecule has 0 saturated heterocycles. The van der Waals surface area contributed by atoms with Gasteiger partial charge in [0.25, 0.3) is 0 Å². The van der Waals surface area contributed by atoms with Gasteiger partial charge in [0.05, 0.1) is 11.7 Å². The third-order valence-corrected chi connectivity index (χ3v) is 2.61. The highest BCUT2D eigenvalue weighted by atomic mass is 35.5. The lowest BCUT2D eigenvalue weighted by Gasteiger charge is -2.26. The standard InChI is InChI=1S/C8H16N4.2ClH/c9-7(10)5-1-2-6(4-3-5)8(11)12;;/h5-6H,1-4H2,(H3,9,10)(H3,11,12);2*1H. The van der Waals surface area contributed by atoms with Crippen molar-refractivity contribution in [1.82, 2.24) is 0 Å². The van der Waals surface area contributed by atoms with Crippen LogP contribution in [0.15, 0.2) is 0 Å². The summed E-state index contributed by atoms with van der Waals surface area (Å²) >= 11 is 0. The van der Waals surface area contributed by atoms with Crippen LogP contribution in [0.3, 0.4) is 0 Å². The lowest BCUT2D eigenvalue weighted by atomic mass is 9.81. The molecule has 84 valence electrons. The van der Waals surface area contributed by atoms with E-state index >= 15 is 0 Å². The minimum absolute atomic E-state index is 0. The van der Waals surface area contributed by atoms with Gasteiger partial charge in [0, 0.05) is 11.8 Å². The molecule has 0 amide bonds. The van der Waals surface area contributed by atoms with Gasteiger partial charge in [-0.05, 0) is 25.7 Å². The molecule has 6 N–H and O–H groups in total. The zero-order chi connectivity index (χ0) is 9.14. The summed E-state index contributed by atoms with van der Waals surface area (Å²) in [5.74, 6) is 1.05. The summed E-state index contributed by atoms with van der Waals surface area (Å²) in [7, 11) is 0. The summed E-state index contributed by atoms with van der Waals surface area (Å²) in [6, 6.07) is 0. The molecule has 0 unspecified atom stereocenters. The van der Waals surface area contributed by atoms with Crippen LogP contribution in [0.2, 0.25) is 0 Å². The first kappa shape index (κ1) is 16.0. The number of hydrogen-bond donors (Lipinski definition) is 4. The van der Waals surface area contributed by atoms with Crippen LogP contribution in [0.1, 0.15) is 25.7 Å². The Morgan fingerprint density at radius 2 is 1.00 bits per heavy atom. The predicted molar refractivity (Wildman–Crippen MR) is 63.8 cm³/mol. The number of amidine groups is 2. The largest absolute Gasteiger partial charge is 0.387 e. The lowest BCUT2D eigenvalue weighted by Crippen LogP contribution is -2.31. The van der Waals surface area contributed by atoms with Crippen molar-refractivity contribution in [3.63, 3.8) is 0 Å². The molecule has 0 heterocycles. The van der Waals surface area contributed by atoms with Gasteiger partial charge in [0.15, 0.2) is 0 Å². The monoisotopic (exact) mass is 240 g/mol. The molecule has 1 aliphatic rings. The maximum Gasteiger partial charge on any atom is 0.0936 e. The van der Waals surface area contributed by atoms with Crippen LogP contribution in [0.5, 0.6) is 0 Å². The molecule has 14 heavy (non-hydrogen) atoms. The summed E-state index contributed by atoms with van der Waals surface area (Å²) in [5, 5.41) is 14.5. The fourth-order valence-electron chi connectivity index (χ4n) is 1.72. The molecule has 1 aliphatic carbocycles. The molecule has 1 fully saturated rings. The molecule has 0 radical (unpaired) electrons. The molecule has 0 aromatic carbocycles. The third kappa shape index (κ3) is 4.15. The second kappa shape index (κ2) is 6.90. The molecule has 0 atom stereocenters. The van der Waals surface area contributed by atoms with Crippen LogP contribution in [0.25, 0.3) is 0 Å². The van der Waals surface area contributed by atoms with Gasteiger partial charge >= 0.3 is 0 Å². The van der Waals surface area contributed by atoms with Gasteiger partial charge in [0.2, 0.25) is 0 Å². The first-order chi connectivity index (χ1) is 5.61. The summed E-state index contributed by atoms with van der Waals surface area (Å²) in [4.78, 5) is 0. The van der Waals surface area contributed by atoms with E-state index in [0.717, 1.165) is 25.7 Å². The van der Waals surface area contributed by atoms with E-state index in [2.05, 4.69) is 0 Å². The van der Waals surface area contributed by atoms with Crippen LogP contribution in [0, 0.1) is 22.7 Å². The van der Waals surface area contributed by atoms with Crippen molar-refractivity contribution in [1.29, 1.82) is 10.8 Å². The van der Waals surface area contributed by atoms with Gasteiger partial charge in [-0.3, -0.25) is 10.8 Å². The van der Waals surface area contributed by atoms with Crippen molar-refractivity contribution < 1.29 is 0 Å². The van der Waals surface area contributed by atoms with Crippen LogP contribution in [0.4, 0.5) is 0 Å². The van der Waals surface area contributed by atoms with E-state index in [9.17, 15) is 0 Å². The molecule has 0 bridgehead atoms.